The van der Waals surface area contributed by atoms with Gasteiger partial charge in [0.25, 0.3) is 0 Å². The normalized spacial score (nSPS) is 27.5. The van der Waals surface area contributed by atoms with E-state index in [0.29, 0.717) is 0 Å². The van der Waals surface area contributed by atoms with E-state index in [1.807, 2.05) is 0 Å². The molecule has 0 aromatic carbocycles. The quantitative estimate of drug-likeness (QED) is 0.685. The second-order valence-electron chi connectivity index (χ2n) is 3.78. The topological polar surface area (TPSA) is 9.23 Å². The zero-order chi connectivity index (χ0) is 9.73. The Bertz CT molecular complexity index is 141. The van der Waals surface area contributed by atoms with Gasteiger partial charge in [-0.2, -0.15) is 0 Å². The monoisotopic (exact) mass is 202 g/mol. The van der Waals surface area contributed by atoms with E-state index in [4.69, 9.17) is 4.74 Å². The highest BCUT2D eigenvalue weighted by Crippen LogP contribution is 2.42. The summed E-state index contributed by atoms with van der Waals surface area (Å²) in [5, 5.41) is 0.846. The maximum absolute atomic E-state index is 5.90. The Hall–Kier alpha value is 0.310. The van der Waals surface area contributed by atoms with Crippen LogP contribution in [0.2, 0.25) is 0 Å². The summed E-state index contributed by atoms with van der Waals surface area (Å²) in [5.74, 6) is 0. The van der Waals surface area contributed by atoms with Crippen LogP contribution >= 0.6 is 11.8 Å². The Labute approximate surface area is 86.6 Å². The number of rotatable bonds is 4. The minimum Gasteiger partial charge on any atom is -0.364 e. The van der Waals surface area contributed by atoms with Gasteiger partial charge in [-0.05, 0) is 25.7 Å². The van der Waals surface area contributed by atoms with Crippen molar-refractivity contribution in [3.05, 3.63) is 0 Å². The van der Waals surface area contributed by atoms with Gasteiger partial charge in [0, 0.05) is 11.9 Å². The van der Waals surface area contributed by atoms with Gasteiger partial charge in [0.15, 0.2) is 0 Å². The van der Waals surface area contributed by atoms with E-state index in [1.54, 1.807) is 0 Å². The van der Waals surface area contributed by atoms with E-state index in [1.165, 1.54) is 19.3 Å². The molecule has 78 valence electrons. The van der Waals surface area contributed by atoms with Gasteiger partial charge >= 0.3 is 0 Å². The van der Waals surface area contributed by atoms with Gasteiger partial charge in [-0.25, -0.2) is 0 Å². The van der Waals surface area contributed by atoms with Crippen molar-refractivity contribution >= 4 is 11.8 Å². The van der Waals surface area contributed by atoms with Crippen molar-refractivity contribution in [2.24, 2.45) is 0 Å². The summed E-state index contributed by atoms with van der Waals surface area (Å²) in [6.07, 6.45) is 6.21. The molecule has 1 nitrogen and oxygen atoms in total. The van der Waals surface area contributed by atoms with Crippen molar-refractivity contribution in [1.82, 2.24) is 0 Å². The number of ether oxygens (including phenoxy) is 1. The first kappa shape index (κ1) is 11.4. The lowest BCUT2D eigenvalue weighted by atomic mass is 10.1. The second-order valence-corrected chi connectivity index (χ2v) is 5.43. The lowest BCUT2D eigenvalue weighted by Crippen LogP contribution is -2.35. The molecule has 1 unspecified atom stereocenters. The Morgan fingerprint density at radius 1 is 1.31 bits per heavy atom. The average molecular weight is 202 g/mol. The molecule has 1 saturated heterocycles. The summed E-state index contributed by atoms with van der Waals surface area (Å²) in [6.45, 7) is 7.73. The highest BCUT2D eigenvalue weighted by atomic mass is 32.2. The Kier molecular flexibility index (Phi) is 4.60. The summed E-state index contributed by atoms with van der Waals surface area (Å²) in [4.78, 5) is 0.151. The summed E-state index contributed by atoms with van der Waals surface area (Å²) in [7, 11) is 0. The molecule has 1 heterocycles. The molecule has 0 saturated carbocycles. The third-order valence-electron chi connectivity index (χ3n) is 2.87. The molecule has 0 aromatic heterocycles. The van der Waals surface area contributed by atoms with E-state index in [0.717, 1.165) is 24.7 Å². The summed E-state index contributed by atoms with van der Waals surface area (Å²) in [6, 6.07) is 0. The van der Waals surface area contributed by atoms with Gasteiger partial charge in [-0.1, -0.05) is 27.2 Å². The first-order valence-electron chi connectivity index (χ1n) is 5.58. The maximum atomic E-state index is 5.90. The first-order chi connectivity index (χ1) is 6.26. The third kappa shape index (κ3) is 2.88. The van der Waals surface area contributed by atoms with Crippen LogP contribution in [0.15, 0.2) is 0 Å². The standard InChI is InChI=1S/C11H22OS/c1-4-7-10-8-9-12-11(5-2,6-3)13-10/h10H,4-9H2,1-3H3. The molecule has 0 radical (unpaired) electrons. The molecule has 1 aliphatic heterocycles. The summed E-state index contributed by atoms with van der Waals surface area (Å²) < 4.78 is 5.90. The number of thioether (sulfide) groups is 1. The molecule has 1 aliphatic rings. The van der Waals surface area contributed by atoms with Crippen molar-refractivity contribution in [2.75, 3.05) is 6.61 Å². The molecule has 0 aromatic rings. The van der Waals surface area contributed by atoms with Crippen LogP contribution in [-0.2, 0) is 4.74 Å². The van der Waals surface area contributed by atoms with Crippen molar-refractivity contribution in [3.63, 3.8) is 0 Å². The Balaban J connectivity index is 2.48. The summed E-state index contributed by atoms with van der Waals surface area (Å²) >= 11 is 2.08. The van der Waals surface area contributed by atoms with Crippen LogP contribution in [-0.4, -0.2) is 16.8 Å². The highest BCUT2D eigenvalue weighted by Gasteiger charge is 2.34. The predicted molar refractivity (Wildman–Crippen MR) is 60.2 cm³/mol. The third-order valence-corrected chi connectivity index (χ3v) is 4.80. The lowest BCUT2D eigenvalue weighted by Gasteiger charge is -2.39. The van der Waals surface area contributed by atoms with Gasteiger partial charge in [0.1, 0.15) is 4.93 Å². The molecular formula is C11H22OS. The van der Waals surface area contributed by atoms with Crippen LogP contribution in [0.1, 0.15) is 52.9 Å². The molecule has 2 heteroatoms. The predicted octanol–water partition coefficient (Wildman–Crippen LogP) is 3.82. The average Bonchev–Trinajstić information content (AvgIpc) is 2.19. The SMILES string of the molecule is CCCC1CCOC(CC)(CC)S1. The van der Waals surface area contributed by atoms with Crippen LogP contribution in [0.25, 0.3) is 0 Å². The molecular weight excluding hydrogens is 180 g/mol. The van der Waals surface area contributed by atoms with Crippen LogP contribution in [0.4, 0.5) is 0 Å². The smallest absolute Gasteiger partial charge is 0.113 e. The molecule has 0 amide bonds. The van der Waals surface area contributed by atoms with Gasteiger partial charge in [-0.3, -0.25) is 0 Å². The molecule has 0 N–H and O–H groups in total. The van der Waals surface area contributed by atoms with Gasteiger partial charge < -0.3 is 4.74 Å². The fraction of sp³-hybridized carbons (Fsp3) is 1.00. The Morgan fingerprint density at radius 3 is 2.54 bits per heavy atom. The fourth-order valence-corrected chi connectivity index (χ4v) is 3.58. The minimum absolute atomic E-state index is 0.151. The maximum Gasteiger partial charge on any atom is 0.113 e. The van der Waals surface area contributed by atoms with E-state index >= 15 is 0 Å². The van der Waals surface area contributed by atoms with Gasteiger partial charge in [-0.15, -0.1) is 11.8 Å². The van der Waals surface area contributed by atoms with Crippen LogP contribution in [0, 0.1) is 0 Å². The number of hydrogen-bond acceptors (Lipinski definition) is 2. The van der Waals surface area contributed by atoms with Gasteiger partial charge in [0.2, 0.25) is 0 Å². The Morgan fingerprint density at radius 2 is 2.00 bits per heavy atom. The molecule has 1 fully saturated rings. The highest BCUT2D eigenvalue weighted by molar-refractivity contribution is 8.01. The van der Waals surface area contributed by atoms with Crippen molar-refractivity contribution in [1.29, 1.82) is 0 Å². The van der Waals surface area contributed by atoms with Crippen molar-refractivity contribution < 1.29 is 4.74 Å². The van der Waals surface area contributed by atoms with Crippen LogP contribution in [0.5, 0.6) is 0 Å². The fourth-order valence-electron chi connectivity index (χ4n) is 1.92. The first-order valence-corrected chi connectivity index (χ1v) is 6.46. The molecule has 1 atom stereocenters. The van der Waals surface area contributed by atoms with Crippen molar-refractivity contribution in [2.45, 2.75) is 63.1 Å². The van der Waals surface area contributed by atoms with Crippen molar-refractivity contribution in [3.8, 4) is 0 Å². The van der Waals surface area contributed by atoms with Gasteiger partial charge in [0.05, 0.1) is 0 Å². The van der Waals surface area contributed by atoms with E-state index in [9.17, 15) is 0 Å². The molecule has 1 rings (SSSR count). The molecule has 0 bridgehead atoms. The zero-order valence-electron chi connectivity index (χ0n) is 9.14. The second kappa shape index (κ2) is 5.26. The van der Waals surface area contributed by atoms with E-state index in [-0.39, 0.29) is 4.93 Å². The largest absolute Gasteiger partial charge is 0.364 e. The van der Waals surface area contributed by atoms with Crippen LogP contribution < -0.4 is 0 Å². The van der Waals surface area contributed by atoms with Crippen LogP contribution in [0.3, 0.4) is 0 Å². The minimum atomic E-state index is 0.151. The van der Waals surface area contributed by atoms with E-state index < -0.39 is 0 Å². The zero-order valence-corrected chi connectivity index (χ0v) is 9.95. The molecule has 13 heavy (non-hydrogen) atoms. The number of hydrogen-bond donors (Lipinski definition) is 0. The summed E-state index contributed by atoms with van der Waals surface area (Å²) in [5.41, 5.74) is 0. The molecule has 0 spiro atoms. The van der Waals surface area contributed by atoms with E-state index in [2.05, 4.69) is 32.5 Å². The molecule has 0 aliphatic carbocycles. The lowest BCUT2D eigenvalue weighted by molar-refractivity contribution is 0.00902.